The Morgan fingerprint density at radius 2 is 1.36 bits per heavy atom. The molecule has 12 heteroatoms. The van der Waals surface area contributed by atoms with Gasteiger partial charge in [-0.25, -0.2) is 22.7 Å². The number of alkyl halides is 3. The maximum Gasteiger partial charge on any atom is 0.416 e. The van der Waals surface area contributed by atoms with Gasteiger partial charge in [0.2, 0.25) is 0 Å². The average molecular weight is 521 g/mol. The molecule has 3 aromatic rings. The van der Waals surface area contributed by atoms with Crippen LogP contribution < -0.4 is 20.7 Å². The smallest absolute Gasteiger partial charge is 0.337 e. The molecule has 0 heterocycles. The van der Waals surface area contributed by atoms with Crippen molar-refractivity contribution in [3.05, 3.63) is 89.5 Å². The van der Waals surface area contributed by atoms with Crippen LogP contribution in [0.25, 0.3) is 0 Å². The van der Waals surface area contributed by atoms with Crippen LogP contribution in [0.2, 0.25) is 0 Å². The van der Waals surface area contributed by atoms with Crippen LogP contribution >= 0.6 is 0 Å². The highest BCUT2D eigenvalue weighted by molar-refractivity contribution is 7.90. The monoisotopic (exact) mass is 520 g/mol. The Morgan fingerprint density at radius 1 is 0.806 bits per heavy atom. The van der Waals surface area contributed by atoms with Crippen molar-refractivity contribution >= 4 is 33.5 Å². The number of rotatable bonds is 7. The van der Waals surface area contributed by atoms with Gasteiger partial charge in [-0.3, -0.25) is 0 Å². The van der Waals surface area contributed by atoms with E-state index in [1.807, 2.05) is 4.72 Å². The zero-order chi connectivity index (χ0) is 26.3. The molecule has 0 unspecified atom stereocenters. The molecule has 0 fully saturated rings. The summed E-state index contributed by atoms with van der Waals surface area (Å²) in [6.45, 7) is 1.79. The van der Waals surface area contributed by atoms with Gasteiger partial charge in [0, 0.05) is 17.9 Å². The molecule has 4 N–H and O–H groups in total. The van der Waals surface area contributed by atoms with Crippen LogP contribution in [0.3, 0.4) is 0 Å². The van der Waals surface area contributed by atoms with E-state index in [1.54, 1.807) is 49.4 Å². The van der Waals surface area contributed by atoms with Crippen molar-refractivity contribution in [1.29, 1.82) is 0 Å². The highest BCUT2D eigenvalue weighted by Gasteiger charge is 2.30. The van der Waals surface area contributed by atoms with Gasteiger partial charge >= 0.3 is 18.2 Å². The molecule has 0 aliphatic heterocycles. The molecule has 3 rings (SSSR count). The van der Waals surface area contributed by atoms with Crippen molar-refractivity contribution in [2.24, 2.45) is 0 Å². The van der Waals surface area contributed by atoms with E-state index in [9.17, 15) is 31.2 Å². The van der Waals surface area contributed by atoms with E-state index in [1.165, 1.54) is 6.07 Å². The quantitative estimate of drug-likeness (QED) is 0.355. The summed E-state index contributed by atoms with van der Waals surface area (Å²) in [7, 11) is -3.99. The van der Waals surface area contributed by atoms with Crippen LogP contribution in [0.1, 0.15) is 16.7 Å². The van der Waals surface area contributed by atoms with E-state index in [-0.39, 0.29) is 17.1 Å². The number of hydrogen-bond acceptors (Lipinski definition) is 4. The molecule has 3 aromatic carbocycles. The van der Waals surface area contributed by atoms with Crippen molar-refractivity contribution in [2.45, 2.75) is 24.4 Å². The summed E-state index contributed by atoms with van der Waals surface area (Å²) < 4.78 is 64.5. The summed E-state index contributed by atoms with van der Waals surface area (Å²) in [6.07, 6.45) is -4.06. The Morgan fingerprint density at radius 3 is 1.92 bits per heavy atom. The maximum atomic E-state index is 12.6. The molecule has 36 heavy (non-hydrogen) atoms. The lowest BCUT2D eigenvalue weighted by molar-refractivity contribution is -0.137. The Labute approximate surface area is 206 Å². The summed E-state index contributed by atoms with van der Waals surface area (Å²) >= 11 is 0. The van der Waals surface area contributed by atoms with E-state index >= 15 is 0 Å². The average Bonchev–Trinajstić information content (AvgIpc) is 2.80. The lowest BCUT2D eigenvalue weighted by atomic mass is 10.1. The molecular weight excluding hydrogens is 497 g/mol. The Bertz CT molecular complexity index is 1330. The SMILES string of the molecule is Cc1ccccc1S(=O)(=O)NC(=O)NCCc1ccc(NC(=O)Nc2ccc(C(F)(F)F)cc2)cc1. The molecule has 0 radical (unpaired) electrons. The van der Waals surface area contributed by atoms with Crippen LogP contribution in [0.5, 0.6) is 0 Å². The summed E-state index contributed by atoms with van der Waals surface area (Å²) in [5.41, 5.74) is 1.15. The van der Waals surface area contributed by atoms with Crippen molar-refractivity contribution in [1.82, 2.24) is 10.0 Å². The molecule has 0 aliphatic carbocycles. The minimum Gasteiger partial charge on any atom is -0.337 e. The number of carbonyl (C=O) groups excluding carboxylic acids is 2. The Hall–Kier alpha value is -4.06. The molecule has 0 atom stereocenters. The second kappa shape index (κ2) is 11.1. The minimum atomic E-state index is -4.46. The van der Waals surface area contributed by atoms with Gasteiger partial charge in [0.05, 0.1) is 10.5 Å². The summed E-state index contributed by atoms with van der Waals surface area (Å²) in [5, 5.41) is 7.49. The molecule has 0 saturated heterocycles. The predicted octanol–water partition coefficient (Wildman–Crippen LogP) is 4.89. The lowest BCUT2D eigenvalue weighted by Gasteiger charge is -2.11. The number of aryl methyl sites for hydroxylation is 1. The fourth-order valence-corrected chi connectivity index (χ4v) is 4.36. The number of amides is 4. The van der Waals surface area contributed by atoms with Gasteiger partial charge in [-0.1, -0.05) is 30.3 Å². The van der Waals surface area contributed by atoms with Gasteiger partial charge in [-0.2, -0.15) is 13.2 Å². The molecule has 0 aromatic heterocycles. The van der Waals surface area contributed by atoms with Gasteiger partial charge in [0.25, 0.3) is 10.0 Å². The molecule has 190 valence electrons. The van der Waals surface area contributed by atoms with E-state index in [0.29, 0.717) is 17.7 Å². The number of carbonyl (C=O) groups is 2. The predicted molar refractivity (Wildman–Crippen MR) is 129 cm³/mol. The van der Waals surface area contributed by atoms with E-state index in [4.69, 9.17) is 0 Å². The maximum absolute atomic E-state index is 12.6. The highest BCUT2D eigenvalue weighted by Crippen LogP contribution is 2.29. The normalized spacial score (nSPS) is 11.4. The molecule has 0 saturated carbocycles. The standard InChI is InChI=1S/C24H23F3N4O4S/c1-16-4-2-3-5-21(16)36(34,35)31-22(32)28-15-14-17-6-10-19(11-7-17)29-23(33)30-20-12-8-18(9-13-20)24(25,26)27/h2-13H,14-15H2,1H3,(H2,28,31,32)(H2,29,30,33). The van der Waals surface area contributed by atoms with E-state index < -0.39 is 33.8 Å². The second-order valence-electron chi connectivity index (χ2n) is 7.73. The van der Waals surface area contributed by atoms with Crippen LogP contribution in [0.15, 0.2) is 77.7 Å². The molecule has 8 nitrogen and oxygen atoms in total. The van der Waals surface area contributed by atoms with E-state index in [0.717, 1.165) is 29.8 Å². The summed E-state index contributed by atoms with van der Waals surface area (Å²) in [6, 6.07) is 15.5. The second-order valence-corrected chi connectivity index (χ2v) is 9.38. The number of benzene rings is 3. The molecule has 0 bridgehead atoms. The van der Waals surface area contributed by atoms with Crippen molar-refractivity contribution in [3.63, 3.8) is 0 Å². The Kier molecular flexibility index (Phi) is 8.20. The van der Waals surface area contributed by atoms with Crippen LogP contribution in [0, 0.1) is 6.92 Å². The first-order chi connectivity index (χ1) is 16.9. The largest absolute Gasteiger partial charge is 0.416 e. The molecule has 0 spiro atoms. The number of sulfonamides is 1. The first-order valence-electron chi connectivity index (χ1n) is 10.6. The van der Waals surface area contributed by atoms with Crippen molar-refractivity contribution < 1.29 is 31.2 Å². The first-order valence-corrected chi connectivity index (χ1v) is 12.1. The summed E-state index contributed by atoms with van der Waals surface area (Å²) in [5.74, 6) is 0. The third-order valence-electron chi connectivity index (χ3n) is 4.99. The fourth-order valence-electron chi connectivity index (χ4n) is 3.18. The number of nitrogens with one attached hydrogen (secondary N) is 4. The third kappa shape index (κ3) is 7.47. The van der Waals surface area contributed by atoms with E-state index in [2.05, 4.69) is 16.0 Å². The molecular formula is C24H23F3N4O4S. The summed E-state index contributed by atoms with van der Waals surface area (Å²) in [4.78, 5) is 24.1. The number of halogens is 3. The first kappa shape index (κ1) is 26.5. The van der Waals surface area contributed by atoms with Crippen LogP contribution in [-0.2, 0) is 22.6 Å². The van der Waals surface area contributed by atoms with Gasteiger partial charge in [-0.05, 0) is 66.9 Å². The zero-order valence-corrected chi connectivity index (χ0v) is 19.8. The lowest BCUT2D eigenvalue weighted by Crippen LogP contribution is -2.40. The zero-order valence-electron chi connectivity index (χ0n) is 19.0. The fraction of sp³-hybridized carbons (Fsp3) is 0.167. The van der Waals surface area contributed by atoms with Crippen molar-refractivity contribution in [2.75, 3.05) is 17.2 Å². The van der Waals surface area contributed by atoms with Crippen LogP contribution in [0.4, 0.5) is 34.1 Å². The van der Waals surface area contributed by atoms with Crippen LogP contribution in [-0.4, -0.2) is 27.0 Å². The number of hydrogen-bond donors (Lipinski definition) is 4. The number of urea groups is 2. The van der Waals surface area contributed by atoms with Gasteiger partial charge < -0.3 is 16.0 Å². The molecule has 0 aliphatic rings. The third-order valence-corrected chi connectivity index (χ3v) is 6.48. The minimum absolute atomic E-state index is 0.0191. The van der Waals surface area contributed by atoms with Gasteiger partial charge in [-0.15, -0.1) is 0 Å². The van der Waals surface area contributed by atoms with Gasteiger partial charge in [0.15, 0.2) is 0 Å². The molecule has 4 amide bonds. The number of anilines is 2. The Balaban J connectivity index is 1.44. The topological polar surface area (TPSA) is 116 Å². The highest BCUT2D eigenvalue weighted by atomic mass is 32.2. The van der Waals surface area contributed by atoms with Gasteiger partial charge in [0.1, 0.15) is 0 Å². The van der Waals surface area contributed by atoms with Crippen molar-refractivity contribution in [3.8, 4) is 0 Å².